The smallest absolute Gasteiger partial charge is 0.0468 e. The molecular formula is C56H41NS2. The molecule has 0 aliphatic carbocycles. The van der Waals surface area contributed by atoms with Crippen LogP contribution in [0, 0.1) is 13.8 Å². The highest BCUT2D eigenvalue weighted by Crippen LogP contribution is 2.42. The molecule has 9 aromatic carbocycles. The topological polar surface area (TPSA) is 3.24 Å². The van der Waals surface area contributed by atoms with Gasteiger partial charge in [-0.05, 0) is 144 Å². The number of hydrogen-bond donors (Lipinski definition) is 0. The normalized spacial score (nSPS) is 11.7. The zero-order valence-electron chi connectivity index (χ0n) is 33.1. The van der Waals surface area contributed by atoms with E-state index >= 15 is 0 Å². The number of anilines is 3. The summed E-state index contributed by atoms with van der Waals surface area (Å²) in [6.07, 6.45) is 1.93. The summed E-state index contributed by atoms with van der Waals surface area (Å²) in [7, 11) is 0. The Kier molecular flexibility index (Phi) is 8.87. The van der Waals surface area contributed by atoms with E-state index in [9.17, 15) is 0 Å². The standard InChI is InChI=1S/C56H41NS2/c1-36-11-15-38(16-12-36)17-28-48-46(42-22-32-56-52(35-42)50-8-4-6-10-54(50)59-56)29-20-41-33-45(27-30-47(41)48)57(43-23-13-37(2)14-24-43)44-25-18-39(19-26-44)40-21-31-55-51(34-40)49-7-3-5-9-53(49)58-55/h3-16,18-27,29-35H,17,28H2,1-2H3. The van der Waals surface area contributed by atoms with Gasteiger partial charge < -0.3 is 4.90 Å². The summed E-state index contributed by atoms with van der Waals surface area (Å²) < 4.78 is 5.34. The van der Waals surface area contributed by atoms with Gasteiger partial charge in [-0.1, -0.05) is 126 Å². The van der Waals surface area contributed by atoms with E-state index in [0.717, 1.165) is 29.9 Å². The van der Waals surface area contributed by atoms with Crippen molar-refractivity contribution in [2.24, 2.45) is 0 Å². The summed E-state index contributed by atoms with van der Waals surface area (Å²) >= 11 is 3.74. The zero-order valence-corrected chi connectivity index (χ0v) is 34.7. The highest BCUT2D eigenvalue weighted by atomic mass is 32.1. The summed E-state index contributed by atoms with van der Waals surface area (Å²) in [5, 5.41) is 7.88. The second-order valence-electron chi connectivity index (χ2n) is 15.8. The van der Waals surface area contributed by atoms with Gasteiger partial charge in [0.25, 0.3) is 0 Å². The molecule has 0 saturated heterocycles. The van der Waals surface area contributed by atoms with E-state index in [1.807, 2.05) is 22.7 Å². The van der Waals surface area contributed by atoms with E-state index in [1.54, 1.807) is 0 Å². The molecule has 11 rings (SSSR count). The first-order valence-electron chi connectivity index (χ1n) is 20.4. The van der Waals surface area contributed by atoms with Gasteiger partial charge in [0.05, 0.1) is 0 Å². The van der Waals surface area contributed by atoms with Gasteiger partial charge >= 0.3 is 0 Å². The fraction of sp³-hybridized carbons (Fsp3) is 0.0714. The Labute approximate surface area is 353 Å². The molecule has 0 fully saturated rings. The molecule has 0 saturated carbocycles. The van der Waals surface area contributed by atoms with Crippen LogP contribution in [0.4, 0.5) is 17.1 Å². The molecule has 0 unspecified atom stereocenters. The molecule has 3 heteroatoms. The maximum Gasteiger partial charge on any atom is 0.0468 e. The monoisotopic (exact) mass is 791 g/mol. The van der Waals surface area contributed by atoms with Gasteiger partial charge in [-0.3, -0.25) is 0 Å². The number of rotatable bonds is 8. The highest BCUT2D eigenvalue weighted by Gasteiger charge is 2.17. The quantitative estimate of drug-likeness (QED) is 0.148. The van der Waals surface area contributed by atoms with E-state index in [1.165, 1.54) is 95.6 Å². The average Bonchev–Trinajstić information content (AvgIpc) is 3.85. The van der Waals surface area contributed by atoms with E-state index in [4.69, 9.17) is 0 Å². The Morgan fingerprint density at radius 3 is 1.56 bits per heavy atom. The third-order valence-electron chi connectivity index (χ3n) is 12.0. The van der Waals surface area contributed by atoms with Gasteiger partial charge in [-0.2, -0.15) is 0 Å². The number of thiophene rings is 2. The molecule has 0 bridgehead atoms. The Hall–Kier alpha value is -6.52. The van der Waals surface area contributed by atoms with Gasteiger partial charge in [0, 0.05) is 57.4 Å². The van der Waals surface area contributed by atoms with Gasteiger partial charge in [0.2, 0.25) is 0 Å². The minimum Gasteiger partial charge on any atom is -0.310 e. The lowest BCUT2D eigenvalue weighted by Crippen LogP contribution is -2.10. The van der Waals surface area contributed by atoms with Crippen LogP contribution in [0.15, 0.2) is 188 Å². The van der Waals surface area contributed by atoms with E-state index in [-0.39, 0.29) is 0 Å². The van der Waals surface area contributed by atoms with Crippen molar-refractivity contribution in [3.63, 3.8) is 0 Å². The number of nitrogens with zero attached hydrogens (tertiary/aromatic N) is 1. The average molecular weight is 792 g/mol. The first-order valence-corrected chi connectivity index (χ1v) is 22.1. The van der Waals surface area contributed by atoms with Crippen LogP contribution in [0.25, 0.3) is 73.4 Å². The summed E-state index contributed by atoms with van der Waals surface area (Å²) in [5.41, 5.74) is 13.8. The lowest BCUT2D eigenvalue weighted by atomic mass is 9.89. The molecule has 11 aromatic rings. The van der Waals surface area contributed by atoms with Crippen molar-refractivity contribution < 1.29 is 0 Å². The summed E-state index contributed by atoms with van der Waals surface area (Å²) in [6.45, 7) is 4.32. The minimum absolute atomic E-state index is 0.952. The molecule has 282 valence electrons. The van der Waals surface area contributed by atoms with Crippen LogP contribution < -0.4 is 4.90 Å². The van der Waals surface area contributed by atoms with Gasteiger partial charge in [0.1, 0.15) is 0 Å². The van der Waals surface area contributed by atoms with Crippen LogP contribution in [0.3, 0.4) is 0 Å². The lowest BCUT2D eigenvalue weighted by molar-refractivity contribution is 0.970. The Morgan fingerprint density at radius 2 is 0.898 bits per heavy atom. The fourth-order valence-corrected chi connectivity index (χ4v) is 11.0. The van der Waals surface area contributed by atoms with E-state index in [2.05, 4.69) is 207 Å². The summed E-state index contributed by atoms with van der Waals surface area (Å²) in [5.74, 6) is 0. The van der Waals surface area contributed by atoms with Crippen molar-refractivity contribution in [3.8, 4) is 22.3 Å². The second-order valence-corrected chi connectivity index (χ2v) is 18.0. The second kappa shape index (κ2) is 14.7. The fourth-order valence-electron chi connectivity index (χ4n) is 8.83. The third-order valence-corrected chi connectivity index (χ3v) is 14.3. The Balaban J connectivity index is 1.01. The largest absolute Gasteiger partial charge is 0.310 e. The first kappa shape index (κ1) is 35.6. The zero-order chi connectivity index (χ0) is 39.5. The van der Waals surface area contributed by atoms with E-state index in [0.29, 0.717) is 0 Å². The van der Waals surface area contributed by atoms with Gasteiger partial charge in [-0.25, -0.2) is 0 Å². The number of fused-ring (bicyclic) bond motifs is 7. The maximum absolute atomic E-state index is 2.42. The van der Waals surface area contributed by atoms with Crippen LogP contribution in [0.5, 0.6) is 0 Å². The van der Waals surface area contributed by atoms with E-state index < -0.39 is 0 Å². The molecule has 0 atom stereocenters. The predicted molar refractivity (Wildman–Crippen MR) is 259 cm³/mol. The van der Waals surface area contributed by atoms with Crippen LogP contribution >= 0.6 is 22.7 Å². The molecule has 0 spiro atoms. The molecule has 0 radical (unpaired) electrons. The molecule has 1 nitrogen and oxygen atoms in total. The molecule has 2 heterocycles. The van der Waals surface area contributed by atoms with Crippen molar-refractivity contribution in [1.82, 2.24) is 0 Å². The predicted octanol–water partition coefficient (Wildman–Crippen LogP) is 16.8. The number of benzene rings is 9. The Morgan fingerprint density at radius 1 is 0.373 bits per heavy atom. The highest BCUT2D eigenvalue weighted by molar-refractivity contribution is 7.26. The van der Waals surface area contributed by atoms with Crippen LogP contribution in [0.2, 0.25) is 0 Å². The van der Waals surface area contributed by atoms with Crippen LogP contribution in [-0.4, -0.2) is 0 Å². The van der Waals surface area contributed by atoms with Crippen LogP contribution in [0.1, 0.15) is 22.3 Å². The van der Waals surface area contributed by atoms with Crippen molar-refractivity contribution >= 4 is 90.9 Å². The SMILES string of the molecule is Cc1ccc(CCc2c(-c3ccc4sc5ccccc5c4c3)ccc3cc(N(c4ccc(C)cc4)c4ccc(-c5ccc6sc7ccccc7c6c5)cc4)ccc23)cc1. The van der Waals surface area contributed by atoms with Crippen molar-refractivity contribution in [2.75, 3.05) is 4.90 Å². The molecule has 0 N–H and O–H groups in total. The minimum atomic E-state index is 0.952. The third kappa shape index (κ3) is 6.57. The van der Waals surface area contributed by atoms with Crippen molar-refractivity contribution in [3.05, 3.63) is 210 Å². The first-order chi connectivity index (χ1) is 29.0. The summed E-state index contributed by atoms with van der Waals surface area (Å²) in [4.78, 5) is 2.40. The molecule has 0 aliphatic rings. The number of hydrogen-bond acceptors (Lipinski definition) is 3. The van der Waals surface area contributed by atoms with Gasteiger partial charge in [-0.15, -0.1) is 22.7 Å². The van der Waals surface area contributed by atoms with Crippen molar-refractivity contribution in [1.29, 1.82) is 0 Å². The molecule has 2 aromatic heterocycles. The number of aryl methyl sites for hydroxylation is 4. The van der Waals surface area contributed by atoms with Crippen molar-refractivity contribution in [2.45, 2.75) is 26.7 Å². The Bertz CT molecular complexity index is 3330. The maximum atomic E-state index is 2.42. The van der Waals surface area contributed by atoms with Gasteiger partial charge in [0.15, 0.2) is 0 Å². The van der Waals surface area contributed by atoms with Crippen LogP contribution in [-0.2, 0) is 12.8 Å². The molecule has 59 heavy (non-hydrogen) atoms. The molecular weight excluding hydrogens is 751 g/mol. The summed E-state index contributed by atoms with van der Waals surface area (Å²) in [6, 6.07) is 70.3. The molecule has 0 amide bonds. The lowest BCUT2D eigenvalue weighted by Gasteiger charge is -2.26. The molecule has 0 aliphatic heterocycles.